The summed E-state index contributed by atoms with van der Waals surface area (Å²) in [5.74, 6) is -0.513. The molecule has 1 aromatic carbocycles. The van der Waals surface area contributed by atoms with Crippen molar-refractivity contribution in [2.75, 3.05) is 5.32 Å². The molecular weight excluding hydrogens is 257 g/mol. The van der Waals surface area contributed by atoms with Gasteiger partial charge in [-0.3, -0.25) is 4.79 Å². The first-order chi connectivity index (χ1) is 8.65. The van der Waals surface area contributed by atoms with Crippen LogP contribution in [0.1, 0.15) is 5.56 Å². The van der Waals surface area contributed by atoms with Crippen LogP contribution in [-0.4, -0.2) is 15.9 Å². The zero-order valence-corrected chi connectivity index (χ0v) is 9.99. The van der Waals surface area contributed by atoms with Gasteiger partial charge in [-0.2, -0.15) is 0 Å². The second-order valence-corrected chi connectivity index (χ2v) is 3.91. The molecule has 0 bridgehead atoms. The largest absolute Gasteiger partial charge is 0.308 e. The third-order valence-corrected chi connectivity index (χ3v) is 2.44. The van der Waals surface area contributed by atoms with Gasteiger partial charge in [0.25, 0.3) is 0 Å². The number of carbonyl (C=O) groups excluding carboxylic acids is 1. The van der Waals surface area contributed by atoms with Gasteiger partial charge in [0.2, 0.25) is 5.91 Å². The predicted octanol–water partition coefficient (Wildman–Crippen LogP) is 2.45. The molecule has 0 radical (unpaired) electrons. The smallest absolute Gasteiger partial charge is 0.230 e. The number of rotatable bonds is 3. The molecule has 1 heterocycles. The molecule has 0 fully saturated rings. The normalized spacial score (nSPS) is 10.1. The number of benzene rings is 1. The molecule has 2 rings (SSSR count). The molecule has 4 nitrogen and oxygen atoms in total. The fraction of sp³-hybridized carbons (Fsp3) is 0.0833. The van der Waals surface area contributed by atoms with E-state index >= 15 is 0 Å². The highest BCUT2D eigenvalue weighted by Gasteiger charge is 2.08. The van der Waals surface area contributed by atoms with E-state index in [0.717, 1.165) is 0 Å². The summed E-state index contributed by atoms with van der Waals surface area (Å²) in [6.07, 6.45) is 2.89. The number of hydrogen-bond acceptors (Lipinski definition) is 3. The molecule has 0 spiro atoms. The molecule has 0 aliphatic rings. The summed E-state index contributed by atoms with van der Waals surface area (Å²) < 4.78 is 12.9. The zero-order chi connectivity index (χ0) is 13.0. The number of halogens is 2. The van der Waals surface area contributed by atoms with Crippen molar-refractivity contribution in [2.45, 2.75) is 6.42 Å². The minimum Gasteiger partial charge on any atom is -0.308 e. The Labute approximate surface area is 108 Å². The van der Waals surface area contributed by atoms with Crippen LogP contribution in [0.25, 0.3) is 0 Å². The zero-order valence-electron chi connectivity index (χ0n) is 9.23. The third-order valence-electron chi connectivity index (χ3n) is 2.17. The SMILES string of the molecule is O=C(Cc1cccc(F)c1)Nc1nccnc1Cl. The molecule has 1 amide bonds. The first-order valence-corrected chi connectivity index (χ1v) is 5.54. The molecule has 0 aliphatic heterocycles. The second kappa shape index (κ2) is 5.55. The van der Waals surface area contributed by atoms with Gasteiger partial charge in [0.1, 0.15) is 5.82 Å². The van der Waals surface area contributed by atoms with Crippen LogP contribution in [0.15, 0.2) is 36.7 Å². The van der Waals surface area contributed by atoms with Gasteiger partial charge in [0, 0.05) is 12.4 Å². The molecule has 1 N–H and O–H groups in total. The number of nitrogens with one attached hydrogen (secondary N) is 1. The minimum atomic E-state index is -0.377. The molecule has 92 valence electrons. The van der Waals surface area contributed by atoms with Crippen molar-refractivity contribution in [3.8, 4) is 0 Å². The second-order valence-electron chi connectivity index (χ2n) is 3.55. The number of anilines is 1. The van der Waals surface area contributed by atoms with E-state index in [-0.39, 0.29) is 29.1 Å². The fourth-order valence-electron chi connectivity index (χ4n) is 1.41. The van der Waals surface area contributed by atoms with Crippen molar-refractivity contribution < 1.29 is 9.18 Å². The maximum Gasteiger partial charge on any atom is 0.230 e. The van der Waals surface area contributed by atoms with Crippen molar-refractivity contribution in [1.29, 1.82) is 0 Å². The molecular formula is C12H9ClFN3O. The molecule has 0 atom stereocenters. The standard InChI is InChI=1S/C12H9ClFN3O/c13-11-12(16-5-4-15-11)17-10(18)7-8-2-1-3-9(14)6-8/h1-6H,7H2,(H,16,17,18). The van der Waals surface area contributed by atoms with E-state index in [0.29, 0.717) is 5.56 Å². The number of amides is 1. The molecule has 0 saturated heterocycles. The van der Waals surface area contributed by atoms with Crippen LogP contribution in [0.4, 0.5) is 10.2 Å². The highest BCUT2D eigenvalue weighted by Crippen LogP contribution is 2.14. The van der Waals surface area contributed by atoms with E-state index in [4.69, 9.17) is 11.6 Å². The van der Waals surface area contributed by atoms with Crippen LogP contribution in [0, 0.1) is 5.82 Å². The maximum atomic E-state index is 12.9. The molecule has 0 aliphatic carbocycles. The van der Waals surface area contributed by atoms with Gasteiger partial charge in [-0.1, -0.05) is 23.7 Å². The summed E-state index contributed by atoms with van der Waals surface area (Å²) in [5, 5.41) is 2.63. The van der Waals surface area contributed by atoms with Gasteiger partial charge in [-0.15, -0.1) is 0 Å². The van der Waals surface area contributed by atoms with Crippen LogP contribution in [-0.2, 0) is 11.2 Å². The number of hydrogen-bond donors (Lipinski definition) is 1. The Bertz CT molecular complexity index is 577. The Morgan fingerprint density at radius 1 is 1.33 bits per heavy atom. The number of aromatic nitrogens is 2. The maximum absolute atomic E-state index is 12.9. The third kappa shape index (κ3) is 3.24. The Morgan fingerprint density at radius 2 is 2.11 bits per heavy atom. The Hall–Kier alpha value is -2.01. The highest BCUT2D eigenvalue weighted by atomic mass is 35.5. The lowest BCUT2D eigenvalue weighted by atomic mass is 10.1. The minimum absolute atomic E-state index is 0.0463. The van der Waals surface area contributed by atoms with Crippen LogP contribution in [0.2, 0.25) is 5.15 Å². The van der Waals surface area contributed by atoms with E-state index in [1.807, 2.05) is 0 Å². The Kier molecular flexibility index (Phi) is 3.84. The summed E-state index contributed by atoms with van der Waals surface area (Å²) in [7, 11) is 0. The Morgan fingerprint density at radius 3 is 2.83 bits per heavy atom. The predicted molar refractivity (Wildman–Crippen MR) is 65.8 cm³/mol. The van der Waals surface area contributed by atoms with Gasteiger partial charge in [0.15, 0.2) is 11.0 Å². The van der Waals surface area contributed by atoms with Gasteiger partial charge in [0.05, 0.1) is 6.42 Å². The Balaban J connectivity index is 2.03. The monoisotopic (exact) mass is 265 g/mol. The first-order valence-electron chi connectivity index (χ1n) is 5.16. The molecule has 0 unspecified atom stereocenters. The van der Waals surface area contributed by atoms with Crippen molar-refractivity contribution in [1.82, 2.24) is 9.97 Å². The molecule has 1 aromatic heterocycles. The first kappa shape index (κ1) is 12.4. The van der Waals surface area contributed by atoms with E-state index < -0.39 is 0 Å². The summed E-state index contributed by atoms with van der Waals surface area (Å²) >= 11 is 5.75. The average Bonchev–Trinajstić information content (AvgIpc) is 2.32. The lowest BCUT2D eigenvalue weighted by Gasteiger charge is -2.05. The van der Waals surface area contributed by atoms with Crippen molar-refractivity contribution in [3.05, 3.63) is 53.2 Å². The molecule has 0 saturated carbocycles. The van der Waals surface area contributed by atoms with Crippen LogP contribution >= 0.6 is 11.6 Å². The molecule has 6 heteroatoms. The van der Waals surface area contributed by atoms with Gasteiger partial charge >= 0.3 is 0 Å². The summed E-state index contributed by atoms with van der Waals surface area (Å²) in [4.78, 5) is 19.3. The number of carbonyl (C=O) groups is 1. The van der Waals surface area contributed by atoms with Crippen LogP contribution < -0.4 is 5.32 Å². The van der Waals surface area contributed by atoms with Gasteiger partial charge in [-0.25, -0.2) is 14.4 Å². The number of nitrogens with zero attached hydrogens (tertiary/aromatic N) is 2. The van der Waals surface area contributed by atoms with E-state index in [1.165, 1.54) is 24.5 Å². The highest BCUT2D eigenvalue weighted by molar-refractivity contribution is 6.32. The van der Waals surface area contributed by atoms with Gasteiger partial charge in [-0.05, 0) is 17.7 Å². The van der Waals surface area contributed by atoms with Crippen LogP contribution in [0.3, 0.4) is 0 Å². The van der Waals surface area contributed by atoms with Crippen molar-refractivity contribution >= 4 is 23.3 Å². The van der Waals surface area contributed by atoms with Crippen molar-refractivity contribution in [3.63, 3.8) is 0 Å². The van der Waals surface area contributed by atoms with E-state index in [1.54, 1.807) is 12.1 Å². The van der Waals surface area contributed by atoms with Gasteiger partial charge < -0.3 is 5.32 Å². The summed E-state index contributed by atoms with van der Waals surface area (Å²) in [5.41, 5.74) is 0.576. The topological polar surface area (TPSA) is 54.9 Å². The molecule has 2 aromatic rings. The lowest BCUT2D eigenvalue weighted by Crippen LogP contribution is -2.15. The summed E-state index contributed by atoms with van der Waals surface area (Å²) in [6.45, 7) is 0. The average molecular weight is 266 g/mol. The summed E-state index contributed by atoms with van der Waals surface area (Å²) in [6, 6.07) is 5.84. The quantitative estimate of drug-likeness (QED) is 0.927. The van der Waals surface area contributed by atoms with E-state index in [9.17, 15) is 9.18 Å². The van der Waals surface area contributed by atoms with E-state index in [2.05, 4.69) is 15.3 Å². The lowest BCUT2D eigenvalue weighted by molar-refractivity contribution is -0.115. The fourth-order valence-corrected chi connectivity index (χ4v) is 1.57. The van der Waals surface area contributed by atoms with Crippen molar-refractivity contribution in [2.24, 2.45) is 0 Å². The molecule has 18 heavy (non-hydrogen) atoms. The van der Waals surface area contributed by atoms with Crippen LogP contribution in [0.5, 0.6) is 0 Å².